The summed E-state index contributed by atoms with van der Waals surface area (Å²) in [4.78, 5) is 27.8. The molecule has 0 aromatic carbocycles. The highest BCUT2D eigenvalue weighted by Gasteiger charge is 2.38. The number of nitrogens with one attached hydrogen (secondary N) is 3. The molecule has 0 fully saturated rings. The minimum atomic E-state index is -1.50. The molecule has 1 aliphatic carbocycles. The van der Waals surface area contributed by atoms with E-state index in [0.717, 1.165) is 0 Å². The monoisotopic (exact) mass is 502 g/mol. The number of carbonyl (C=O) groups is 2. The zero-order valence-electron chi connectivity index (χ0n) is 16.2. The van der Waals surface area contributed by atoms with Gasteiger partial charge >= 0.3 is 0 Å². The lowest BCUT2D eigenvalue weighted by Crippen LogP contribution is -2.32. The van der Waals surface area contributed by atoms with Gasteiger partial charge in [0.15, 0.2) is 3.68 Å². The first-order valence-corrected chi connectivity index (χ1v) is 9.90. The zero-order valence-corrected chi connectivity index (χ0v) is 18.3. The number of carbonyl (C=O) groups excluding carboxylic acids is 2. The number of hydrogen-bond donors (Lipinski definition) is 3. The van der Waals surface area contributed by atoms with E-state index in [9.17, 15) is 14.0 Å². The quantitative estimate of drug-likeness (QED) is 0.274. The first-order chi connectivity index (χ1) is 13.0. The van der Waals surface area contributed by atoms with Gasteiger partial charge in [-0.1, -0.05) is 0 Å². The van der Waals surface area contributed by atoms with Crippen molar-refractivity contribution in [1.82, 2.24) is 10.3 Å². The summed E-state index contributed by atoms with van der Waals surface area (Å²) in [6.45, 7) is 6.43. The molecule has 1 aromatic rings. The van der Waals surface area contributed by atoms with E-state index in [4.69, 9.17) is 10.1 Å². The molecule has 2 unspecified atom stereocenters. The second-order valence-electron chi connectivity index (χ2n) is 6.92. The molecule has 7 nitrogen and oxygen atoms in total. The van der Waals surface area contributed by atoms with E-state index < -0.39 is 9.78 Å². The molecule has 1 heterocycles. The average Bonchev–Trinajstić information content (AvgIpc) is 3.32. The number of amides is 2. The summed E-state index contributed by atoms with van der Waals surface area (Å²) in [5, 5.41) is 13.0. The summed E-state index contributed by atoms with van der Waals surface area (Å²) in [6.07, 6.45) is 2.46. The van der Waals surface area contributed by atoms with Gasteiger partial charge in [0, 0.05) is 42.8 Å². The minimum absolute atomic E-state index is 0.117. The Labute approximate surface area is 177 Å². The van der Waals surface area contributed by atoms with Crippen molar-refractivity contribution in [2.75, 3.05) is 11.9 Å². The Hall–Kier alpha value is -2.04. The van der Waals surface area contributed by atoms with Gasteiger partial charge in [0.2, 0.25) is 5.91 Å². The van der Waals surface area contributed by atoms with E-state index in [-0.39, 0.29) is 30.2 Å². The highest BCUT2D eigenvalue weighted by molar-refractivity contribution is 14.1. The van der Waals surface area contributed by atoms with Crippen molar-refractivity contribution < 1.29 is 18.7 Å². The second kappa shape index (κ2) is 8.97. The number of ether oxygens (including phenoxy) is 1. The number of aromatic nitrogens is 1. The van der Waals surface area contributed by atoms with E-state index >= 15 is 0 Å². The number of halogens is 2. The van der Waals surface area contributed by atoms with Crippen LogP contribution in [0.3, 0.4) is 0 Å². The molecular formula is C19H24FIN4O3. The molecule has 1 aliphatic rings. The van der Waals surface area contributed by atoms with Crippen LogP contribution in [-0.4, -0.2) is 39.3 Å². The lowest BCUT2D eigenvalue weighted by Gasteiger charge is -2.22. The van der Waals surface area contributed by atoms with Crippen molar-refractivity contribution >= 4 is 46.4 Å². The standard InChI is InChI=1S/C19H24FIN4O3/c1-10-5-13(6-17(24-10)25-12(3)26)18(27)23-9-14(8-22)15-7-16(15)28-11(2)19(4,20)21/h5-8,11,14-15,22H,9H2,1-4H3,(H,23,27)(H,24,25,26)/t11-,14?,15?,19-/m1/s1. The minimum Gasteiger partial charge on any atom is -0.491 e. The number of hydrogen-bond acceptors (Lipinski definition) is 5. The van der Waals surface area contributed by atoms with E-state index in [0.29, 0.717) is 22.8 Å². The number of allylic oxidation sites excluding steroid dienone is 2. The molecule has 3 N–H and O–H groups in total. The van der Waals surface area contributed by atoms with E-state index in [1.54, 1.807) is 42.5 Å². The van der Waals surface area contributed by atoms with Crippen molar-refractivity contribution in [1.29, 1.82) is 5.41 Å². The number of aryl methyl sites for hydroxylation is 1. The van der Waals surface area contributed by atoms with Gasteiger partial charge in [0.05, 0.1) is 0 Å². The molecule has 2 amide bonds. The second-order valence-corrected chi connectivity index (χ2v) is 9.02. The van der Waals surface area contributed by atoms with Crippen molar-refractivity contribution in [2.24, 2.45) is 11.8 Å². The van der Waals surface area contributed by atoms with Crippen LogP contribution in [0, 0.1) is 24.2 Å². The first-order valence-electron chi connectivity index (χ1n) is 8.82. The third-order valence-corrected chi connectivity index (χ3v) is 5.16. The predicted molar refractivity (Wildman–Crippen MR) is 114 cm³/mol. The van der Waals surface area contributed by atoms with Crippen LogP contribution in [0.4, 0.5) is 10.2 Å². The van der Waals surface area contributed by atoms with Gasteiger partial charge in [-0.25, -0.2) is 9.37 Å². The lowest BCUT2D eigenvalue weighted by molar-refractivity contribution is -0.114. The maximum absolute atomic E-state index is 13.9. The van der Waals surface area contributed by atoms with Crippen LogP contribution < -0.4 is 10.6 Å². The average molecular weight is 502 g/mol. The highest BCUT2D eigenvalue weighted by atomic mass is 127. The van der Waals surface area contributed by atoms with Gasteiger partial charge in [-0.3, -0.25) is 9.59 Å². The maximum Gasteiger partial charge on any atom is 0.251 e. The lowest BCUT2D eigenvalue weighted by atomic mass is 10.0. The van der Waals surface area contributed by atoms with Crippen LogP contribution >= 0.6 is 22.6 Å². The summed E-state index contributed by atoms with van der Waals surface area (Å²) in [7, 11) is 0. The van der Waals surface area contributed by atoms with Crippen molar-refractivity contribution in [3.8, 4) is 0 Å². The highest BCUT2D eigenvalue weighted by Crippen LogP contribution is 2.39. The molecule has 152 valence electrons. The fraction of sp³-hybridized carbons (Fsp3) is 0.474. The Kier molecular flexibility index (Phi) is 7.13. The SMILES string of the molecule is CC(=O)Nc1cc(C(=O)NCC(C=N)C2C=C2O[C@H](C)[C@](C)(F)I)cc(C)n1. The van der Waals surface area contributed by atoms with Gasteiger partial charge in [-0.05, 0) is 61.6 Å². The van der Waals surface area contributed by atoms with Crippen LogP contribution in [0.15, 0.2) is 24.0 Å². The molecule has 4 atom stereocenters. The van der Waals surface area contributed by atoms with Crippen LogP contribution in [0.2, 0.25) is 0 Å². The Balaban J connectivity index is 1.92. The topological polar surface area (TPSA) is 104 Å². The van der Waals surface area contributed by atoms with E-state index in [2.05, 4.69) is 15.6 Å². The summed E-state index contributed by atoms with van der Waals surface area (Å²) < 4.78 is 18.0. The predicted octanol–water partition coefficient (Wildman–Crippen LogP) is 3.38. The normalized spacial score (nSPS) is 19.5. The van der Waals surface area contributed by atoms with Crippen LogP contribution in [-0.2, 0) is 9.53 Å². The fourth-order valence-electron chi connectivity index (χ4n) is 2.54. The van der Waals surface area contributed by atoms with Crippen molar-refractivity contribution in [3.63, 3.8) is 0 Å². The summed E-state index contributed by atoms with van der Waals surface area (Å²) in [6, 6.07) is 3.12. The zero-order chi connectivity index (χ0) is 21.1. The van der Waals surface area contributed by atoms with Gasteiger partial charge in [-0.15, -0.1) is 0 Å². The fourth-order valence-corrected chi connectivity index (χ4v) is 2.66. The molecular weight excluding hydrogens is 478 g/mol. The molecule has 0 saturated carbocycles. The summed E-state index contributed by atoms with van der Waals surface area (Å²) in [5.74, 6) is -0.0433. The molecule has 9 heteroatoms. The molecule has 2 rings (SSSR count). The Morgan fingerprint density at radius 3 is 2.75 bits per heavy atom. The number of nitrogens with zero attached hydrogens (tertiary/aromatic N) is 1. The largest absolute Gasteiger partial charge is 0.491 e. The van der Waals surface area contributed by atoms with Crippen LogP contribution in [0.25, 0.3) is 0 Å². The van der Waals surface area contributed by atoms with E-state index in [1.165, 1.54) is 26.1 Å². The molecule has 0 radical (unpaired) electrons. The Bertz CT molecular complexity index is 807. The van der Waals surface area contributed by atoms with Crippen LogP contribution in [0.1, 0.15) is 36.8 Å². The third kappa shape index (κ3) is 6.25. The Morgan fingerprint density at radius 1 is 1.50 bits per heavy atom. The number of alkyl halides is 2. The van der Waals surface area contributed by atoms with Gasteiger partial charge in [-0.2, -0.15) is 0 Å². The number of pyridine rings is 1. The Morgan fingerprint density at radius 2 is 2.18 bits per heavy atom. The van der Waals surface area contributed by atoms with Crippen LogP contribution in [0.5, 0.6) is 0 Å². The molecule has 1 aromatic heterocycles. The van der Waals surface area contributed by atoms with Gasteiger partial charge < -0.3 is 20.8 Å². The summed E-state index contributed by atoms with van der Waals surface area (Å²) in [5.41, 5.74) is 0.966. The van der Waals surface area contributed by atoms with Crippen molar-refractivity contribution in [3.05, 3.63) is 35.2 Å². The molecule has 0 spiro atoms. The smallest absolute Gasteiger partial charge is 0.251 e. The first kappa shape index (κ1) is 22.3. The van der Waals surface area contributed by atoms with Gasteiger partial charge in [0.1, 0.15) is 17.7 Å². The molecule has 0 saturated heterocycles. The van der Waals surface area contributed by atoms with Crippen molar-refractivity contribution in [2.45, 2.75) is 37.5 Å². The molecule has 0 bridgehead atoms. The van der Waals surface area contributed by atoms with Gasteiger partial charge in [0.25, 0.3) is 5.91 Å². The maximum atomic E-state index is 13.9. The number of rotatable bonds is 9. The summed E-state index contributed by atoms with van der Waals surface area (Å²) >= 11 is 1.69. The number of anilines is 1. The molecule has 28 heavy (non-hydrogen) atoms. The van der Waals surface area contributed by atoms with E-state index in [1.807, 2.05) is 6.08 Å². The molecule has 0 aliphatic heterocycles. The third-order valence-electron chi connectivity index (χ3n) is 4.28.